The number of nitrogens with two attached hydrogens (primary N) is 1. The summed E-state index contributed by atoms with van der Waals surface area (Å²) < 4.78 is 37.0. The standard InChI is InChI=1S/C11H15F3N4S/c1-18(7-2-3-7)10(15)16-5-4-9-17-8(6-19-9)11(12,13)14/h6-7H,2-5H2,1H3,(H2,15,16). The first-order valence-corrected chi connectivity index (χ1v) is 6.80. The van der Waals surface area contributed by atoms with Gasteiger partial charge in [0, 0.05) is 31.4 Å². The fourth-order valence-corrected chi connectivity index (χ4v) is 2.38. The molecule has 0 atom stereocenters. The molecule has 1 aromatic heterocycles. The fourth-order valence-electron chi connectivity index (χ4n) is 1.58. The molecule has 0 aliphatic heterocycles. The number of hydrogen-bond acceptors (Lipinski definition) is 3. The third-order valence-electron chi connectivity index (χ3n) is 2.90. The van der Waals surface area contributed by atoms with Gasteiger partial charge < -0.3 is 10.6 Å². The summed E-state index contributed by atoms with van der Waals surface area (Å²) in [5.74, 6) is 0.440. The van der Waals surface area contributed by atoms with Crippen LogP contribution in [-0.2, 0) is 12.6 Å². The normalized spacial score (nSPS) is 16.7. The van der Waals surface area contributed by atoms with Gasteiger partial charge in [-0.05, 0) is 12.8 Å². The summed E-state index contributed by atoms with van der Waals surface area (Å²) in [5, 5.41) is 1.46. The number of halogens is 3. The van der Waals surface area contributed by atoms with Gasteiger partial charge in [0.1, 0.15) is 0 Å². The molecule has 2 N–H and O–H groups in total. The SMILES string of the molecule is CN(C(N)=NCCc1nc(C(F)(F)F)cs1)C1CC1. The quantitative estimate of drug-likeness (QED) is 0.683. The van der Waals surface area contributed by atoms with Crippen LogP contribution in [0.25, 0.3) is 0 Å². The number of alkyl halides is 3. The zero-order valence-corrected chi connectivity index (χ0v) is 11.3. The summed E-state index contributed by atoms with van der Waals surface area (Å²) in [7, 11) is 1.88. The van der Waals surface area contributed by atoms with E-state index in [-0.39, 0.29) is 0 Å². The van der Waals surface area contributed by atoms with Gasteiger partial charge in [-0.1, -0.05) is 0 Å². The topological polar surface area (TPSA) is 54.5 Å². The van der Waals surface area contributed by atoms with Crippen LogP contribution < -0.4 is 5.73 Å². The molecule has 1 aliphatic rings. The number of thiazole rings is 1. The second kappa shape index (κ2) is 5.36. The van der Waals surface area contributed by atoms with E-state index < -0.39 is 11.9 Å². The second-order valence-electron chi connectivity index (χ2n) is 4.46. The summed E-state index contributed by atoms with van der Waals surface area (Å²) in [6.07, 6.45) is -1.76. The van der Waals surface area contributed by atoms with Crippen molar-refractivity contribution in [3.05, 3.63) is 16.1 Å². The Hall–Kier alpha value is -1.31. The van der Waals surface area contributed by atoms with Crippen molar-refractivity contribution in [3.63, 3.8) is 0 Å². The highest BCUT2D eigenvalue weighted by Crippen LogP contribution is 2.30. The lowest BCUT2D eigenvalue weighted by molar-refractivity contribution is -0.140. The smallest absolute Gasteiger partial charge is 0.370 e. The average molecular weight is 292 g/mol. The lowest BCUT2D eigenvalue weighted by Crippen LogP contribution is -2.35. The number of rotatable bonds is 4. The Balaban J connectivity index is 1.85. The molecule has 1 fully saturated rings. The minimum Gasteiger partial charge on any atom is -0.370 e. The first kappa shape index (κ1) is 14.1. The largest absolute Gasteiger partial charge is 0.434 e. The molecule has 8 heteroatoms. The molecular weight excluding hydrogens is 277 g/mol. The fraction of sp³-hybridized carbons (Fsp3) is 0.636. The molecule has 0 amide bonds. The van der Waals surface area contributed by atoms with Crippen LogP contribution >= 0.6 is 11.3 Å². The zero-order chi connectivity index (χ0) is 14.0. The number of aromatic nitrogens is 1. The predicted molar refractivity (Wildman–Crippen MR) is 68.1 cm³/mol. The Morgan fingerprint density at radius 3 is 2.79 bits per heavy atom. The van der Waals surface area contributed by atoms with Crippen molar-refractivity contribution in [2.75, 3.05) is 13.6 Å². The highest BCUT2D eigenvalue weighted by Gasteiger charge is 2.33. The number of guanidine groups is 1. The van der Waals surface area contributed by atoms with Gasteiger partial charge in [-0.25, -0.2) is 4.98 Å². The minimum atomic E-state index is -4.37. The molecule has 0 aromatic carbocycles. The molecule has 2 rings (SSSR count). The molecule has 0 spiro atoms. The van der Waals surface area contributed by atoms with Crippen LogP contribution in [0.3, 0.4) is 0 Å². The molecule has 106 valence electrons. The number of nitrogens with zero attached hydrogens (tertiary/aromatic N) is 3. The summed E-state index contributed by atoms with van der Waals surface area (Å²) in [6.45, 7) is 0.355. The zero-order valence-electron chi connectivity index (χ0n) is 10.4. The van der Waals surface area contributed by atoms with E-state index in [1.807, 2.05) is 11.9 Å². The van der Waals surface area contributed by atoms with E-state index in [2.05, 4.69) is 9.98 Å². The molecule has 1 heterocycles. The van der Waals surface area contributed by atoms with Gasteiger partial charge in [-0.15, -0.1) is 11.3 Å². The van der Waals surface area contributed by atoms with E-state index in [4.69, 9.17) is 5.73 Å². The molecule has 1 aromatic rings. The maximum absolute atomic E-state index is 12.3. The lowest BCUT2D eigenvalue weighted by atomic mass is 10.4. The number of aliphatic imine (C=N–C) groups is 1. The van der Waals surface area contributed by atoms with Crippen molar-refractivity contribution in [2.45, 2.75) is 31.5 Å². The van der Waals surface area contributed by atoms with Crippen LogP contribution in [0.2, 0.25) is 0 Å². The van der Waals surface area contributed by atoms with Crippen LogP contribution in [0.5, 0.6) is 0 Å². The average Bonchev–Trinajstić information content (AvgIpc) is 3.06. The summed E-state index contributed by atoms with van der Waals surface area (Å²) >= 11 is 1.00. The van der Waals surface area contributed by atoms with Crippen LogP contribution in [-0.4, -0.2) is 35.5 Å². The molecule has 0 bridgehead atoms. The van der Waals surface area contributed by atoms with Crippen molar-refractivity contribution in [2.24, 2.45) is 10.7 Å². The van der Waals surface area contributed by atoms with Crippen molar-refractivity contribution >= 4 is 17.3 Å². The van der Waals surface area contributed by atoms with Crippen LogP contribution in [0.15, 0.2) is 10.4 Å². The van der Waals surface area contributed by atoms with Crippen LogP contribution in [0, 0.1) is 0 Å². The lowest BCUT2D eigenvalue weighted by Gasteiger charge is -2.16. The minimum absolute atomic E-state index is 0.355. The van der Waals surface area contributed by atoms with E-state index in [0.717, 1.165) is 29.6 Å². The molecule has 19 heavy (non-hydrogen) atoms. The molecular formula is C11H15F3N4S. The Morgan fingerprint density at radius 2 is 2.26 bits per heavy atom. The summed E-state index contributed by atoms with van der Waals surface area (Å²) in [6, 6.07) is 0.473. The Labute approximate surface area is 113 Å². The molecule has 0 saturated heterocycles. The van der Waals surface area contributed by atoms with Crippen molar-refractivity contribution in [1.29, 1.82) is 0 Å². The second-order valence-corrected chi connectivity index (χ2v) is 5.40. The highest BCUT2D eigenvalue weighted by molar-refractivity contribution is 7.09. The van der Waals surface area contributed by atoms with Crippen molar-refractivity contribution in [3.8, 4) is 0 Å². The summed E-state index contributed by atoms with van der Waals surface area (Å²) in [5.41, 5.74) is 4.94. The maximum Gasteiger partial charge on any atom is 0.434 e. The van der Waals surface area contributed by atoms with Crippen LogP contribution in [0.4, 0.5) is 13.2 Å². The third kappa shape index (κ3) is 3.82. The van der Waals surface area contributed by atoms with Gasteiger partial charge in [-0.3, -0.25) is 4.99 Å². The highest BCUT2D eigenvalue weighted by atomic mass is 32.1. The van der Waals surface area contributed by atoms with Crippen LogP contribution in [0.1, 0.15) is 23.5 Å². The van der Waals surface area contributed by atoms with E-state index in [1.165, 1.54) is 0 Å². The van der Waals surface area contributed by atoms with E-state index in [0.29, 0.717) is 30.0 Å². The monoisotopic (exact) mass is 292 g/mol. The number of hydrogen-bond donors (Lipinski definition) is 1. The Bertz CT molecular complexity index is 465. The molecule has 0 unspecified atom stereocenters. The molecule has 0 radical (unpaired) electrons. The third-order valence-corrected chi connectivity index (χ3v) is 3.81. The summed E-state index contributed by atoms with van der Waals surface area (Å²) in [4.78, 5) is 9.60. The first-order valence-electron chi connectivity index (χ1n) is 5.92. The van der Waals surface area contributed by atoms with Crippen molar-refractivity contribution < 1.29 is 13.2 Å². The van der Waals surface area contributed by atoms with Gasteiger partial charge in [0.15, 0.2) is 11.7 Å². The maximum atomic E-state index is 12.3. The van der Waals surface area contributed by atoms with Crippen molar-refractivity contribution in [1.82, 2.24) is 9.88 Å². The van der Waals surface area contributed by atoms with Gasteiger partial charge in [0.25, 0.3) is 0 Å². The van der Waals surface area contributed by atoms with E-state index in [9.17, 15) is 13.2 Å². The molecule has 1 aliphatic carbocycles. The van der Waals surface area contributed by atoms with E-state index >= 15 is 0 Å². The molecule has 4 nitrogen and oxygen atoms in total. The Morgan fingerprint density at radius 1 is 1.58 bits per heavy atom. The first-order chi connectivity index (χ1) is 8.88. The predicted octanol–water partition coefficient (Wildman–Crippen LogP) is 2.11. The van der Waals surface area contributed by atoms with Gasteiger partial charge in [0.2, 0.25) is 0 Å². The van der Waals surface area contributed by atoms with Gasteiger partial charge in [-0.2, -0.15) is 13.2 Å². The van der Waals surface area contributed by atoms with Gasteiger partial charge >= 0.3 is 6.18 Å². The van der Waals surface area contributed by atoms with E-state index in [1.54, 1.807) is 0 Å². The van der Waals surface area contributed by atoms with Gasteiger partial charge in [0.05, 0.1) is 5.01 Å². The Kier molecular flexibility index (Phi) is 3.98. The molecule has 1 saturated carbocycles.